The highest BCUT2D eigenvalue weighted by molar-refractivity contribution is 5.77. The molecule has 0 saturated carbocycles. The number of carboxylic acid groups (broad SMARTS) is 1. The SMILES string of the molecule is CCCCCCCCCCCCCCCC(O)C(COC1OC(CO)C(OC2OC(CO)C(O)C(OC3(C(=O)O)CC(O)C(NC(C)=O)C(C(O)C(O)CO)O3)C2O)C(O)C1O)NC(=O)CCCCCCCCCCCCC. The Hall–Kier alpha value is -2.27. The molecule has 0 aromatic heterocycles. The maximum Gasteiger partial charge on any atom is 0.364 e. The normalized spacial score (nSPS) is 31.1. The van der Waals surface area contributed by atoms with Crippen LogP contribution < -0.4 is 10.6 Å². The standard InChI is InChI=1S/C55H102N2O21/c1-4-6-8-10-12-14-16-17-19-20-22-24-26-28-37(62)36(57-42(65)29-27-25-23-21-18-15-13-11-9-7-5-2)34-73-52-47(69)46(68)49(41(33-60)75-52)76-53-48(70)51(45(67)40(32-59)74-53)78-55(54(71)72)30-38(63)43(56-35(3)61)50(77-55)44(66)39(64)31-58/h36-41,43-53,58-60,62-64,66-70H,4-34H2,1-3H3,(H,56,61)(H,57,65)(H,71,72). The summed E-state index contributed by atoms with van der Waals surface area (Å²) >= 11 is 0. The number of amides is 2. The van der Waals surface area contributed by atoms with Gasteiger partial charge in [-0.1, -0.05) is 162 Å². The Kier molecular flexibility index (Phi) is 34.5. The molecule has 14 N–H and O–H groups in total. The van der Waals surface area contributed by atoms with E-state index < -0.39 is 148 Å². The van der Waals surface area contributed by atoms with Crippen molar-refractivity contribution in [3.05, 3.63) is 0 Å². The van der Waals surface area contributed by atoms with Crippen LogP contribution in [0.2, 0.25) is 0 Å². The first-order valence-electron chi connectivity index (χ1n) is 29.4. The van der Waals surface area contributed by atoms with Crippen LogP contribution in [-0.2, 0) is 42.8 Å². The smallest absolute Gasteiger partial charge is 0.364 e. The largest absolute Gasteiger partial charge is 0.477 e. The van der Waals surface area contributed by atoms with E-state index in [1.54, 1.807) is 0 Å². The summed E-state index contributed by atoms with van der Waals surface area (Å²) in [5, 5.41) is 135. The van der Waals surface area contributed by atoms with Crippen molar-refractivity contribution in [2.75, 3.05) is 26.4 Å². The molecule has 3 aliphatic heterocycles. The van der Waals surface area contributed by atoms with Gasteiger partial charge in [-0.3, -0.25) is 9.59 Å². The van der Waals surface area contributed by atoms with E-state index in [0.29, 0.717) is 19.3 Å². The molecule has 2 amide bonds. The van der Waals surface area contributed by atoms with Gasteiger partial charge in [0.2, 0.25) is 11.8 Å². The van der Waals surface area contributed by atoms with E-state index in [1.165, 1.54) is 89.9 Å². The molecule has 3 heterocycles. The highest BCUT2D eigenvalue weighted by atomic mass is 16.8. The van der Waals surface area contributed by atoms with E-state index in [-0.39, 0.29) is 18.9 Å². The fourth-order valence-electron chi connectivity index (χ4n) is 10.5. The number of ether oxygens (including phenoxy) is 6. The molecule has 458 valence electrons. The summed E-state index contributed by atoms with van der Waals surface area (Å²) < 4.78 is 34.7. The summed E-state index contributed by atoms with van der Waals surface area (Å²) in [4.78, 5) is 38.3. The molecule has 3 saturated heterocycles. The topological polar surface area (TPSA) is 373 Å². The Morgan fingerprint density at radius 1 is 0.615 bits per heavy atom. The summed E-state index contributed by atoms with van der Waals surface area (Å²) in [6.07, 6.45) is -1.39. The average Bonchev–Trinajstić information content (AvgIpc) is 3.49. The second-order valence-corrected chi connectivity index (χ2v) is 21.9. The lowest BCUT2D eigenvalue weighted by Gasteiger charge is -2.50. The predicted octanol–water partition coefficient (Wildman–Crippen LogP) is 1.83. The zero-order chi connectivity index (χ0) is 57.6. The predicted molar refractivity (Wildman–Crippen MR) is 283 cm³/mol. The van der Waals surface area contributed by atoms with Gasteiger partial charge in [0, 0.05) is 19.8 Å². The minimum absolute atomic E-state index is 0.227. The van der Waals surface area contributed by atoms with Crippen LogP contribution in [0.5, 0.6) is 0 Å². The van der Waals surface area contributed by atoms with Crippen molar-refractivity contribution >= 4 is 17.8 Å². The summed E-state index contributed by atoms with van der Waals surface area (Å²) in [5.74, 6) is -6.10. The van der Waals surface area contributed by atoms with E-state index in [1.807, 2.05) is 0 Å². The van der Waals surface area contributed by atoms with Crippen molar-refractivity contribution in [3.63, 3.8) is 0 Å². The van der Waals surface area contributed by atoms with Gasteiger partial charge in [0.1, 0.15) is 67.1 Å². The van der Waals surface area contributed by atoms with Gasteiger partial charge in [-0.25, -0.2) is 4.79 Å². The van der Waals surface area contributed by atoms with Crippen molar-refractivity contribution < 1.29 is 104 Å². The molecule has 0 aromatic carbocycles. The highest BCUT2D eigenvalue weighted by Gasteiger charge is 2.60. The first kappa shape index (κ1) is 70.0. The zero-order valence-electron chi connectivity index (χ0n) is 46.8. The van der Waals surface area contributed by atoms with E-state index in [0.717, 1.165) is 58.3 Å². The van der Waals surface area contributed by atoms with Crippen LogP contribution in [0.4, 0.5) is 0 Å². The number of nitrogens with one attached hydrogen (secondary N) is 2. The van der Waals surface area contributed by atoms with Gasteiger partial charge in [-0.2, -0.15) is 0 Å². The molecule has 0 aliphatic carbocycles. The van der Waals surface area contributed by atoms with Crippen LogP contribution in [-0.4, -0.2) is 215 Å². The minimum Gasteiger partial charge on any atom is -0.477 e. The maximum atomic E-state index is 13.3. The molecule has 3 rings (SSSR count). The second-order valence-electron chi connectivity index (χ2n) is 21.9. The number of aliphatic hydroxyl groups is 11. The van der Waals surface area contributed by atoms with Gasteiger partial charge in [-0.05, 0) is 12.8 Å². The molecule has 18 unspecified atom stereocenters. The van der Waals surface area contributed by atoms with Crippen LogP contribution in [0.25, 0.3) is 0 Å². The molecule has 3 fully saturated rings. The van der Waals surface area contributed by atoms with Gasteiger partial charge in [0.25, 0.3) is 5.79 Å². The Morgan fingerprint density at radius 3 is 1.60 bits per heavy atom. The van der Waals surface area contributed by atoms with Crippen LogP contribution in [0, 0.1) is 0 Å². The molecule has 0 spiro atoms. The number of carbonyl (C=O) groups is 3. The Morgan fingerprint density at radius 2 is 1.12 bits per heavy atom. The molecular formula is C55H102N2O21. The number of rotatable bonds is 42. The molecule has 23 nitrogen and oxygen atoms in total. The van der Waals surface area contributed by atoms with Crippen LogP contribution in [0.15, 0.2) is 0 Å². The number of carboxylic acids is 1. The molecule has 18 atom stereocenters. The van der Waals surface area contributed by atoms with Crippen LogP contribution in [0.1, 0.15) is 194 Å². The minimum atomic E-state index is -3.07. The van der Waals surface area contributed by atoms with Gasteiger partial charge in [-0.15, -0.1) is 0 Å². The lowest BCUT2D eigenvalue weighted by molar-refractivity contribution is -0.386. The Bertz CT molecular complexity index is 1620. The quantitative estimate of drug-likeness (QED) is 0.0388. The summed E-state index contributed by atoms with van der Waals surface area (Å²) in [6.45, 7) is 2.14. The summed E-state index contributed by atoms with van der Waals surface area (Å²) in [6, 6.07) is -2.52. The average molecular weight is 1130 g/mol. The molecule has 78 heavy (non-hydrogen) atoms. The third-order valence-corrected chi connectivity index (χ3v) is 15.3. The van der Waals surface area contributed by atoms with Crippen molar-refractivity contribution in [3.8, 4) is 0 Å². The fourth-order valence-corrected chi connectivity index (χ4v) is 10.5. The number of aliphatic carboxylic acids is 1. The van der Waals surface area contributed by atoms with Gasteiger partial charge < -0.3 is 100 Å². The third-order valence-electron chi connectivity index (χ3n) is 15.3. The maximum absolute atomic E-state index is 13.3. The second kappa shape index (κ2) is 38.5. The van der Waals surface area contributed by atoms with E-state index in [9.17, 15) is 75.7 Å². The first-order valence-corrected chi connectivity index (χ1v) is 29.4. The van der Waals surface area contributed by atoms with Crippen molar-refractivity contribution in [1.29, 1.82) is 0 Å². The Labute approximate surface area is 461 Å². The lowest BCUT2D eigenvalue weighted by atomic mass is 9.88. The molecule has 23 heteroatoms. The monoisotopic (exact) mass is 1130 g/mol. The number of carbonyl (C=O) groups excluding carboxylic acids is 2. The molecule has 0 bridgehead atoms. The van der Waals surface area contributed by atoms with E-state index in [4.69, 9.17) is 28.4 Å². The summed E-state index contributed by atoms with van der Waals surface area (Å²) in [5.41, 5.74) is 0. The fraction of sp³-hybridized carbons (Fsp3) is 0.945. The molecule has 0 aromatic rings. The zero-order valence-corrected chi connectivity index (χ0v) is 46.8. The Balaban J connectivity index is 1.68. The van der Waals surface area contributed by atoms with E-state index >= 15 is 0 Å². The molecule has 3 aliphatic rings. The van der Waals surface area contributed by atoms with E-state index in [2.05, 4.69) is 24.5 Å². The van der Waals surface area contributed by atoms with Crippen LogP contribution in [0.3, 0.4) is 0 Å². The van der Waals surface area contributed by atoms with Gasteiger partial charge in [0.15, 0.2) is 12.6 Å². The van der Waals surface area contributed by atoms with Crippen molar-refractivity contribution in [2.45, 2.75) is 304 Å². The van der Waals surface area contributed by atoms with Crippen molar-refractivity contribution in [1.82, 2.24) is 10.6 Å². The van der Waals surface area contributed by atoms with Crippen molar-refractivity contribution in [2.24, 2.45) is 0 Å². The molecule has 0 radical (unpaired) electrons. The first-order chi connectivity index (χ1) is 37.4. The summed E-state index contributed by atoms with van der Waals surface area (Å²) in [7, 11) is 0. The molecular weight excluding hydrogens is 1020 g/mol. The van der Waals surface area contributed by atoms with Gasteiger partial charge in [0.05, 0.1) is 50.7 Å². The van der Waals surface area contributed by atoms with Gasteiger partial charge >= 0.3 is 5.97 Å². The number of hydrogen-bond acceptors (Lipinski definition) is 20. The number of unbranched alkanes of at least 4 members (excludes halogenated alkanes) is 22. The number of hydrogen-bond donors (Lipinski definition) is 14. The van der Waals surface area contributed by atoms with Crippen LogP contribution >= 0.6 is 0 Å². The third kappa shape index (κ3) is 23.2. The number of aliphatic hydroxyl groups excluding tert-OH is 11. The lowest BCUT2D eigenvalue weighted by Crippen LogP contribution is -2.70. The highest BCUT2D eigenvalue weighted by Crippen LogP contribution is 2.38.